The number of hydrogen-bond acceptors (Lipinski definition) is 3. The van der Waals surface area contributed by atoms with Crippen molar-refractivity contribution in [2.45, 2.75) is 58.9 Å². The number of carboxylic acid groups (broad SMARTS) is 1. The number of benzene rings is 2. The molecule has 0 aliphatic carbocycles. The van der Waals surface area contributed by atoms with Crippen LogP contribution in [0.5, 0.6) is 0 Å². The molecule has 0 saturated heterocycles. The van der Waals surface area contributed by atoms with Crippen molar-refractivity contribution < 1.29 is 9.90 Å². The molecule has 2 aromatic carbocycles. The first-order chi connectivity index (χ1) is 15.6. The Kier molecular flexibility index (Phi) is 8.36. The number of allylic oxidation sites excluding steroid dienone is 1. The molecule has 0 amide bonds. The Hall–Kier alpha value is -1.75. The van der Waals surface area contributed by atoms with Crippen molar-refractivity contribution in [3.63, 3.8) is 0 Å². The lowest BCUT2D eigenvalue weighted by atomic mass is 9.77. The molecule has 0 bridgehead atoms. The fraction of sp³-hybridized carbons (Fsp3) is 0.407. The SMILES string of the molecule is CCC1CC(C(C)C)=C(C(=O)O)SC1=N[C@@](C)(c1ccc(Cl)cc1)[C@H](C)c1ccc(Cl)cc1. The Labute approximate surface area is 211 Å². The third-order valence-electron chi connectivity index (χ3n) is 6.68. The summed E-state index contributed by atoms with van der Waals surface area (Å²) in [5.41, 5.74) is 2.55. The third-order valence-corrected chi connectivity index (χ3v) is 8.46. The second kappa shape index (κ2) is 10.7. The van der Waals surface area contributed by atoms with Gasteiger partial charge in [0.15, 0.2) is 0 Å². The zero-order valence-corrected chi connectivity index (χ0v) is 22.1. The van der Waals surface area contributed by atoms with Crippen LogP contribution in [0.15, 0.2) is 64.0 Å². The molecule has 1 aliphatic heterocycles. The minimum absolute atomic E-state index is 0.0188. The van der Waals surface area contributed by atoms with E-state index in [9.17, 15) is 9.90 Å². The van der Waals surface area contributed by atoms with Crippen LogP contribution in [0.25, 0.3) is 0 Å². The van der Waals surface area contributed by atoms with Crippen molar-refractivity contribution in [3.05, 3.63) is 80.2 Å². The fourth-order valence-electron chi connectivity index (χ4n) is 4.31. The second-order valence-electron chi connectivity index (χ2n) is 9.10. The molecule has 33 heavy (non-hydrogen) atoms. The van der Waals surface area contributed by atoms with E-state index in [1.165, 1.54) is 11.8 Å². The molecule has 3 rings (SSSR count). The summed E-state index contributed by atoms with van der Waals surface area (Å²) in [6.45, 7) is 10.6. The minimum Gasteiger partial charge on any atom is -0.477 e. The van der Waals surface area contributed by atoms with E-state index in [1.807, 2.05) is 48.5 Å². The van der Waals surface area contributed by atoms with Crippen molar-refractivity contribution in [2.75, 3.05) is 0 Å². The van der Waals surface area contributed by atoms with E-state index < -0.39 is 11.5 Å². The minimum atomic E-state index is -0.870. The molecule has 0 spiro atoms. The van der Waals surface area contributed by atoms with Crippen LogP contribution in [0.1, 0.15) is 64.5 Å². The Balaban J connectivity index is 2.16. The number of nitrogens with zero attached hydrogens (tertiary/aromatic N) is 1. The Morgan fingerprint density at radius 3 is 2.12 bits per heavy atom. The standard InChI is InChI=1S/C27H31Cl2NO2S/c1-6-18-15-23(16(2)3)24(26(31)32)33-25(18)30-27(5,20-9-13-22(29)14-10-20)17(4)19-7-11-21(28)12-8-19/h7-14,16-18H,6,15H2,1-5H3,(H,31,32)/t17-,18?,27-/m1/s1. The first kappa shape index (κ1) is 25.9. The molecular weight excluding hydrogens is 473 g/mol. The number of halogens is 2. The van der Waals surface area contributed by atoms with Crippen LogP contribution in [0.2, 0.25) is 10.0 Å². The van der Waals surface area contributed by atoms with Crippen LogP contribution >= 0.6 is 35.0 Å². The average molecular weight is 505 g/mol. The monoisotopic (exact) mass is 503 g/mol. The number of rotatable bonds is 7. The fourth-order valence-corrected chi connectivity index (χ4v) is 5.96. The summed E-state index contributed by atoms with van der Waals surface area (Å²) in [6, 6.07) is 15.7. The van der Waals surface area contributed by atoms with Crippen LogP contribution in [-0.2, 0) is 10.3 Å². The summed E-state index contributed by atoms with van der Waals surface area (Å²) in [5, 5.41) is 12.2. The summed E-state index contributed by atoms with van der Waals surface area (Å²) in [6.07, 6.45) is 1.63. The molecule has 3 nitrogen and oxygen atoms in total. The molecule has 6 heteroatoms. The van der Waals surface area contributed by atoms with E-state index in [4.69, 9.17) is 28.2 Å². The Morgan fingerprint density at radius 1 is 1.09 bits per heavy atom. The van der Waals surface area contributed by atoms with E-state index in [0.29, 0.717) is 15.0 Å². The highest BCUT2D eigenvalue weighted by atomic mass is 35.5. The van der Waals surface area contributed by atoms with Gasteiger partial charge in [-0.2, -0.15) is 0 Å². The van der Waals surface area contributed by atoms with Crippen molar-refractivity contribution in [1.82, 2.24) is 0 Å². The van der Waals surface area contributed by atoms with Gasteiger partial charge in [0.1, 0.15) is 0 Å². The zero-order valence-electron chi connectivity index (χ0n) is 19.7. The average Bonchev–Trinajstić information content (AvgIpc) is 2.78. The summed E-state index contributed by atoms with van der Waals surface area (Å²) in [7, 11) is 0. The van der Waals surface area contributed by atoms with Gasteiger partial charge in [-0.3, -0.25) is 4.99 Å². The van der Waals surface area contributed by atoms with Gasteiger partial charge in [-0.1, -0.05) is 86.9 Å². The second-order valence-corrected chi connectivity index (χ2v) is 11.0. The van der Waals surface area contributed by atoms with E-state index >= 15 is 0 Å². The summed E-state index contributed by atoms with van der Waals surface area (Å²) in [4.78, 5) is 17.9. The molecule has 176 valence electrons. The highest BCUT2D eigenvalue weighted by molar-refractivity contribution is 8.18. The Morgan fingerprint density at radius 2 is 1.64 bits per heavy atom. The van der Waals surface area contributed by atoms with Crippen LogP contribution < -0.4 is 0 Å². The van der Waals surface area contributed by atoms with Gasteiger partial charge in [0.25, 0.3) is 0 Å². The largest absolute Gasteiger partial charge is 0.477 e. The molecule has 3 atom stereocenters. The van der Waals surface area contributed by atoms with Crippen molar-refractivity contribution in [3.8, 4) is 0 Å². The molecule has 0 fully saturated rings. The van der Waals surface area contributed by atoms with Gasteiger partial charge in [0.2, 0.25) is 0 Å². The third kappa shape index (κ3) is 5.67. The van der Waals surface area contributed by atoms with Gasteiger partial charge in [0, 0.05) is 21.9 Å². The smallest absolute Gasteiger partial charge is 0.342 e. The normalized spacial score (nSPS) is 20.7. The maximum absolute atomic E-state index is 12.1. The summed E-state index contributed by atoms with van der Waals surface area (Å²) >= 11 is 13.7. The lowest BCUT2D eigenvalue weighted by Crippen LogP contribution is -2.31. The van der Waals surface area contributed by atoms with Gasteiger partial charge in [0.05, 0.1) is 15.5 Å². The molecule has 0 radical (unpaired) electrons. The van der Waals surface area contributed by atoms with Gasteiger partial charge >= 0.3 is 5.97 Å². The number of aliphatic imine (C=N–C) groups is 1. The molecule has 1 aliphatic rings. The van der Waals surface area contributed by atoms with E-state index in [1.54, 1.807) is 0 Å². The van der Waals surface area contributed by atoms with Crippen LogP contribution in [0.4, 0.5) is 0 Å². The first-order valence-electron chi connectivity index (χ1n) is 11.3. The van der Waals surface area contributed by atoms with Crippen molar-refractivity contribution >= 4 is 46.0 Å². The van der Waals surface area contributed by atoms with Gasteiger partial charge < -0.3 is 5.11 Å². The number of carboxylic acids is 1. The lowest BCUT2D eigenvalue weighted by Gasteiger charge is -2.36. The first-order valence-corrected chi connectivity index (χ1v) is 12.9. The number of thioether (sulfide) groups is 1. The highest BCUT2D eigenvalue weighted by Gasteiger charge is 2.38. The number of carbonyl (C=O) groups is 1. The molecule has 2 aromatic rings. The molecule has 0 aromatic heterocycles. The maximum Gasteiger partial charge on any atom is 0.342 e. The molecule has 1 heterocycles. The Bertz CT molecular complexity index is 1060. The van der Waals surface area contributed by atoms with Gasteiger partial charge in [-0.25, -0.2) is 4.79 Å². The number of hydrogen-bond donors (Lipinski definition) is 1. The molecule has 1 unspecified atom stereocenters. The maximum atomic E-state index is 12.1. The quantitative estimate of drug-likeness (QED) is 0.411. The van der Waals surface area contributed by atoms with Gasteiger partial charge in [-0.05, 0) is 66.6 Å². The van der Waals surface area contributed by atoms with Crippen LogP contribution in [0.3, 0.4) is 0 Å². The molecule has 0 saturated carbocycles. The van der Waals surface area contributed by atoms with E-state index in [-0.39, 0.29) is 17.8 Å². The van der Waals surface area contributed by atoms with Crippen LogP contribution in [0, 0.1) is 11.8 Å². The lowest BCUT2D eigenvalue weighted by molar-refractivity contribution is -0.131. The molecule has 1 N–H and O–H groups in total. The molecular formula is C27H31Cl2NO2S. The van der Waals surface area contributed by atoms with Crippen LogP contribution in [-0.4, -0.2) is 16.1 Å². The summed E-state index contributed by atoms with van der Waals surface area (Å²) < 4.78 is 0. The predicted octanol–water partition coefficient (Wildman–Crippen LogP) is 8.57. The van der Waals surface area contributed by atoms with E-state index in [2.05, 4.69) is 34.6 Å². The predicted molar refractivity (Wildman–Crippen MR) is 142 cm³/mol. The zero-order chi connectivity index (χ0) is 24.3. The van der Waals surface area contributed by atoms with Crippen molar-refractivity contribution in [1.29, 1.82) is 0 Å². The number of aliphatic carboxylic acids is 1. The summed E-state index contributed by atoms with van der Waals surface area (Å²) in [5.74, 6) is -0.468. The van der Waals surface area contributed by atoms with E-state index in [0.717, 1.165) is 34.6 Å². The van der Waals surface area contributed by atoms with Crippen molar-refractivity contribution in [2.24, 2.45) is 16.8 Å². The topological polar surface area (TPSA) is 49.7 Å². The van der Waals surface area contributed by atoms with Gasteiger partial charge in [-0.15, -0.1) is 0 Å². The highest BCUT2D eigenvalue weighted by Crippen LogP contribution is 2.46.